The fourth-order valence-corrected chi connectivity index (χ4v) is 4.67. The Bertz CT molecular complexity index is 1470. The van der Waals surface area contributed by atoms with Crippen molar-refractivity contribution in [3.63, 3.8) is 0 Å². The Balaban J connectivity index is 1.23. The lowest BCUT2D eigenvalue weighted by Crippen LogP contribution is -2.50. The molecule has 0 atom stereocenters. The molecule has 2 aromatic carbocycles. The number of hydrogen-bond donors (Lipinski definition) is 0. The first-order valence-corrected chi connectivity index (χ1v) is 11.8. The van der Waals surface area contributed by atoms with Gasteiger partial charge in [-0.1, -0.05) is 35.5 Å². The van der Waals surface area contributed by atoms with Gasteiger partial charge in [-0.2, -0.15) is 4.98 Å². The third-order valence-electron chi connectivity index (χ3n) is 6.75. The van der Waals surface area contributed by atoms with Gasteiger partial charge in [-0.25, -0.2) is 4.39 Å². The molecule has 1 aliphatic heterocycles. The van der Waals surface area contributed by atoms with Crippen molar-refractivity contribution in [2.75, 3.05) is 31.1 Å². The minimum absolute atomic E-state index is 0.0729. The van der Waals surface area contributed by atoms with Crippen LogP contribution in [0.1, 0.15) is 24.6 Å². The van der Waals surface area contributed by atoms with E-state index in [0.717, 1.165) is 18.2 Å². The second-order valence-corrected chi connectivity index (χ2v) is 9.05. The molecule has 2 aliphatic rings. The minimum atomic E-state index is -0.303. The average molecular weight is 474 g/mol. The molecule has 3 heterocycles. The molecular formula is C26H24FN5O3. The van der Waals surface area contributed by atoms with Gasteiger partial charge in [-0.15, -0.1) is 0 Å². The summed E-state index contributed by atoms with van der Waals surface area (Å²) in [6, 6.07) is 15.5. The molecule has 1 saturated heterocycles. The van der Waals surface area contributed by atoms with Crippen LogP contribution in [-0.2, 0) is 11.3 Å². The van der Waals surface area contributed by atoms with Crippen molar-refractivity contribution in [1.29, 1.82) is 0 Å². The summed E-state index contributed by atoms with van der Waals surface area (Å²) in [6.45, 7) is 1.91. The molecule has 0 radical (unpaired) electrons. The summed E-state index contributed by atoms with van der Waals surface area (Å²) in [4.78, 5) is 34.4. The average Bonchev–Trinajstić information content (AvgIpc) is 3.62. The number of nitrogens with zero attached hydrogens (tertiary/aromatic N) is 5. The second kappa shape index (κ2) is 8.65. The number of fused-ring (bicyclic) bond motifs is 1. The van der Waals surface area contributed by atoms with E-state index in [-0.39, 0.29) is 23.8 Å². The van der Waals surface area contributed by atoms with Gasteiger partial charge in [-0.3, -0.25) is 14.2 Å². The molecule has 0 unspecified atom stereocenters. The molecule has 4 aromatic rings. The number of anilines is 1. The molecule has 35 heavy (non-hydrogen) atoms. The van der Waals surface area contributed by atoms with Crippen LogP contribution >= 0.6 is 0 Å². The van der Waals surface area contributed by atoms with E-state index in [1.165, 1.54) is 16.7 Å². The van der Waals surface area contributed by atoms with E-state index in [1.807, 2.05) is 29.2 Å². The van der Waals surface area contributed by atoms with Gasteiger partial charge in [0.2, 0.25) is 5.91 Å². The summed E-state index contributed by atoms with van der Waals surface area (Å²) in [5, 5.41) is 4.85. The Morgan fingerprint density at radius 1 is 1.03 bits per heavy atom. The first-order valence-electron chi connectivity index (χ1n) is 11.8. The minimum Gasteiger partial charge on any atom is -0.366 e. The lowest BCUT2D eigenvalue weighted by atomic mass is 10.1. The zero-order valence-corrected chi connectivity index (χ0v) is 19.1. The number of benzene rings is 2. The summed E-state index contributed by atoms with van der Waals surface area (Å²) >= 11 is 0. The van der Waals surface area contributed by atoms with E-state index in [4.69, 9.17) is 4.52 Å². The van der Waals surface area contributed by atoms with Crippen LogP contribution in [0.2, 0.25) is 0 Å². The van der Waals surface area contributed by atoms with E-state index in [2.05, 4.69) is 10.1 Å². The molecule has 0 spiro atoms. The van der Waals surface area contributed by atoms with Gasteiger partial charge in [-0.05, 0) is 31.0 Å². The van der Waals surface area contributed by atoms with Crippen LogP contribution in [0.15, 0.2) is 63.9 Å². The van der Waals surface area contributed by atoms with Gasteiger partial charge in [0, 0.05) is 43.5 Å². The SMILES string of the molecule is O=C(Cn1c(=O)cc(-c2nc(C3CC3)no2)c2ccccc21)N1CCN(c2ccccc2F)CC1. The molecule has 2 fully saturated rings. The topological polar surface area (TPSA) is 84.5 Å². The largest absolute Gasteiger partial charge is 0.366 e. The highest BCUT2D eigenvalue weighted by Gasteiger charge is 2.30. The zero-order valence-electron chi connectivity index (χ0n) is 19.1. The van der Waals surface area contributed by atoms with Crippen LogP contribution in [0.25, 0.3) is 22.4 Å². The lowest BCUT2D eigenvalue weighted by molar-refractivity contribution is -0.132. The Kier molecular flexibility index (Phi) is 5.32. The van der Waals surface area contributed by atoms with Crippen LogP contribution in [0, 0.1) is 5.82 Å². The third-order valence-corrected chi connectivity index (χ3v) is 6.75. The van der Waals surface area contributed by atoms with Crippen molar-refractivity contribution < 1.29 is 13.7 Å². The first-order chi connectivity index (χ1) is 17.1. The van der Waals surface area contributed by atoms with Crippen molar-refractivity contribution in [3.05, 3.63) is 76.6 Å². The summed E-state index contributed by atoms with van der Waals surface area (Å²) in [5.74, 6) is 0.930. The van der Waals surface area contributed by atoms with Crippen LogP contribution in [0.3, 0.4) is 0 Å². The number of hydrogen-bond acceptors (Lipinski definition) is 6. The van der Waals surface area contributed by atoms with E-state index in [1.54, 1.807) is 23.1 Å². The molecule has 6 rings (SSSR count). The number of halogens is 1. The third kappa shape index (κ3) is 4.07. The number of aromatic nitrogens is 3. The molecule has 2 aromatic heterocycles. The first kappa shape index (κ1) is 21.5. The van der Waals surface area contributed by atoms with Crippen LogP contribution in [0.5, 0.6) is 0 Å². The number of piperazine rings is 1. The fourth-order valence-electron chi connectivity index (χ4n) is 4.67. The zero-order chi connectivity index (χ0) is 23.9. The predicted octanol–water partition coefficient (Wildman–Crippen LogP) is 3.42. The van der Waals surface area contributed by atoms with Gasteiger partial charge < -0.3 is 14.3 Å². The van der Waals surface area contributed by atoms with Crippen molar-refractivity contribution in [1.82, 2.24) is 19.6 Å². The van der Waals surface area contributed by atoms with Gasteiger partial charge in [0.15, 0.2) is 5.82 Å². The molecule has 1 amide bonds. The monoisotopic (exact) mass is 473 g/mol. The summed E-state index contributed by atoms with van der Waals surface area (Å²) < 4.78 is 21.1. The van der Waals surface area contributed by atoms with E-state index >= 15 is 0 Å². The van der Waals surface area contributed by atoms with Crippen molar-refractivity contribution in [2.24, 2.45) is 0 Å². The number of para-hydroxylation sites is 2. The van der Waals surface area contributed by atoms with E-state index in [0.29, 0.717) is 60.6 Å². The summed E-state index contributed by atoms with van der Waals surface area (Å²) in [6.07, 6.45) is 2.11. The lowest BCUT2D eigenvalue weighted by Gasteiger charge is -2.36. The van der Waals surface area contributed by atoms with Crippen molar-refractivity contribution in [3.8, 4) is 11.5 Å². The van der Waals surface area contributed by atoms with E-state index in [9.17, 15) is 14.0 Å². The highest BCUT2D eigenvalue weighted by molar-refractivity contribution is 5.93. The Labute approximate surface area is 200 Å². The summed E-state index contributed by atoms with van der Waals surface area (Å²) in [7, 11) is 0. The van der Waals surface area contributed by atoms with Crippen molar-refractivity contribution >= 4 is 22.5 Å². The Hall–Kier alpha value is -4.01. The number of rotatable bonds is 5. The van der Waals surface area contributed by atoms with Gasteiger partial charge in [0.1, 0.15) is 12.4 Å². The Morgan fingerprint density at radius 3 is 2.54 bits per heavy atom. The molecule has 1 aliphatic carbocycles. The van der Waals surface area contributed by atoms with Gasteiger partial charge in [0.25, 0.3) is 11.4 Å². The highest BCUT2D eigenvalue weighted by atomic mass is 19.1. The predicted molar refractivity (Wildman–Crippen MR) is 129 cm³/mol. The molecular weight excluding hydrogens is 449 g/mol. The van der Waals surface area contributed by atoms with E-state index < -0.39 is 0 Å². The molecule has 1 saturated carbocycles. The van der Waals surface area contributed by atoms with Gasteiger partial charge in [0.05, 0.1) is 16.8 Å². The van der Waals surface area contributed by atoms with Gasteiger partial charge >= 0.3 is 0 Å². The molecule has 178 valence electrons. The summed E-state index contributed by atoms with van der Waals surface area (Å²) in [5.41, 5.74) is 1.46. The molecule has 9 heteroatoms. The molecule has 8 nitrogen and oxygen atoms in total. The maximum atomic E-state index is 14.1. The van der Waals surface area contributed by atoms with Crippen LogP contribution in [0.4, 0.5) is 10.1 Å². The van der Waals surface area contributed by atoms with Crippen molar-refractivity contribution in [2.45, 2.75) is 25.3 Å². The fraction of sp³-hybridized carbons (Fsp3) is 0.308. The maximum absolute atomic E-state index is 14.1. The number of pyridine rings is 1. The normalized spacial score (nSPS) is 16.1. The van der Waals surface area contributed by atoms with Crippen LogP contribution in [-0.4, -0.2) is 51.7 Å². The number of carbonyl (C=O) groups excluding carboxylic acids is 1. The Morgan fingerprint density at radius 2 is 1.77 bits per heavy atom. The molecule has 0 bridgehead atoms. The highest BCUT2D eigenvalue weighted by Crippen LogP contribution is 2.39. The molecule has 0 N–H and O–H groups in total. The number of amides is 1. The number of carbonyl (C=O) groups is 1. The van der Waals surface area contributed by atoms with Crippen LogP contribution < -0.4 is 10.5 Å². The standard InChI is InChI=1S/C26H24FN5O3/c27-20-6-2-4-8-22(20)30-11-13-31(14-12-30)24(34)16-32-21-7-3-1-5-18(21)19(15-23(32)33)26-28-25(29-35-26)17-9-10-17/h1-8,15,17H,9-14,16H2. The quantitative estimate of drug-likeness (QED) is 0.442. The smallest absolute Gasteiger partial charge is 0.258 e. The maximum Gasteiger partial charge on any atom is 0.258 e. The second-order valence-electron chi connectivity index (χ2n) is 9.05.